The lowest BCUT2D eigenvalue weighted by Gasteiger charge is -2.19. The van der Waals surface area contributed by atoms with Crippen LogP contribution in [0.15, 0.2) is 14.6 Å². The van der Waals surface area contributed by atoms with Gasteiger partial charge in [0.05, 0.1) is 0 Å². The molecule has 0 aliphatic heterocycles. The fourth-order valence-corrected chi connectivity index (χ4v) is 4.69. The average Bonchev–Trinajstić information content (AvgIpc) is 3.22. The van der Waals surface area contributed by atoms with Gasteiger partial charge < -0.3 is 4.90 Å². The van der Waals surface area contributed by atoms with Crippen molar-refractivity contribution in [2.45, 2.75) is 48.8 Å². The Morgan fingerprint density at radius 2 is 1.72 bits per heavy atom. The quantitative estimate of drug-likeness (QED) is 0.401. The van der Waals surface area contributed by atoms with Crippen LogP contribution in [-0.2, 0) is 23.7 Å². The number of aromatic nitrogens is 4. The summed E-state index contributed by atoms with van der Waals surface area (Å²) in [6.45, 7) is 1.34. The Morgan fingerprint density at radius 3 is 2.28 bits per heavy atom. The SMILES string of the molecule is CC(=O)[C@@H](Sc1nc(C2CCCC2)nc2c1c(=O)n(C)c(=O)n2C)C(=O)N(C)C. The second-order valence-electron chi connectivity index (χ2n) is 7.61. The Kier molecular flexibility index (Phi) is 5.92. The molecule has 2 aromatic heterocycles. The number of hydrogen-bond acceptors (Lipinski definition) is 7. The zero-order chi connectivity index (χ0) is 21.5. The second-order valence-corrected chi connectivity index (χ2v) is 8.71. The Balaban J connectivity index is 2.28. The first kappa shape index (κ1) is 21.2. The minimum absolute atomic E-state index is 0.137. The summed E-state index contributed by atoms with van der Waals surface area (Å²) in [6, 6.07) is 0. The lowest BCUT2D eigenvalue weighted by molar-refractivity contribution is -0.132. The summed E-state index contributed by atoms with van der Waals surface area (Å²) in [5.41, 5.74) is -0.790. The van der Waals surface area contributed by atoms with E-state index < -0.39 is 16.5 Å². The van der Waals surface area contributed by atoms with Gasteiger partial charge in [-0.25, -0.2) is 14.8 Å². The number of carbonyl (C=O) groups is 2. The van der Waals surface area contributed by atoms with Gasteiger partial charge in [0.25, 0.3) is 5.56 Å². The molecule has 156 valence electrons. The minimum Gasteiger partial charge on any atom is -0.347 e. The molecule has 0 N–H and O–H groups in total. The van der Waals surface area contributed by atoms with Crippen LogP contribution >= 0.6 is 11.8 Å². The van der Waals surface area contributed by atoms with Crippen molar-refractivity contribution >= 4 is 34.5 Å². The van der Waals surface area contributed by atoms with Crippen LogP contribution in [0, 0.1) is 0 Å². The van der Waals surface area contributed by atoms with Crippen molar-refractivity contribution in [2.24, 2.45) is 14.1 Å². The Hall–Kier alpha value is -2.49. The van der Waals surface area contributed by atoms with Crippen LogP contribution in [-0.4, -0.2) is 55.0 Å². The molecule has 1 atom stereocenters. The van der Waals surface area contributed by atoms with E-state index in [2.05, 4.69) is 9.97 Å². The summed E-state index contributed by atoms with van der Waals surface area (Å²) >= 11 is 0.953. The number of Topliss-reactive ketones (excluding diaryl/α,β-unsaturated/α-hetero) is 1. The van der Waals surface area contributed by atoms with Gasteiger partial charge >= 0.3 is 5.69 Å². The zero-order valence-electron chi connectivity index (χ0n) is 17.3. The van der Waals surface area contributed by atoms with Gasteiger partial charge in [0, 0.05) is 34.1 Å². The van der Waals surface area contributed by atoms with Crippen molar-refractivity contribution in [1.82, 2.24) is 24.0 Å². The highest BCUT2D eigenvalue weighted by molar-refractivity contribution is 8.01. The van der Waals surface area contributed by atoms with Gasteiger partial charge in [-0.15, -0.1) is 0 Å². The molecule has 1 amide bonds. The van der Waals surface area contributed by atoms with Crippen molar-refractivity contribution in [1.29, 1.82) is 0 Å². The summed E-state index contributed by atoms with van der Waals surface area (Å²) in [5.74, 6) is -0.0126. The van der Waals surface area contributed by atoms with E-state index in [1.54, 1.807) is 21.1 Å². The number of ketones is 1. The van der Waals surface area contributed by atoms with Crippen LogP contribution < -0.4 is 11.2 Å². The molecule has 1 aliphatic rings. The van der Waals surface area contributed by atoms with Gasteiger partial charge in [0.15, 0.2) is 11.4 Å². The Morgan fingerprint density at radius 1 is 1.10 bits per heavy atom. The van der Waals surface area contributed by atoms with Gasteiger partial charge in [0.1, 0.15) is 21.5 Å². The average molecular weight is 420 g/mol. The van der Waals surface area contributed by atoms with Gasteiger partial charge in [-0.3, -0.25) is 23.5 Å². The van der Waals surface area contributed by atoms with E-state index in [0.29, 0.717) is 5.82 Å². The standard InChI is InChI=1S/C19H25N5O4S/c1-10(25)13(18(27)22(2)3)29-16-12-15(23(4)19(28)24(5)17(12)26)20-14(21-16)11-8-6-7-9-11/h11,13H,6-9H2,1-5H3/t13-/m1/s1. The van der Waals surface area contributed by atoms with E-state index >= 15 is 0 Å². The number of nitrogens with zero attached hydrogens (tertiary/aromatic N) is 5. The minimum atomic E-state index is -1.03. The first-order valence-corrected chi connectivity index (χ1v) is 10.4. The van der Waals surface area contributed by atoms with Crippen molar-refractivity contribution in [2.75, 3.05) is 14.1 Å². The highest BCUT2D eigenvalue weighted by Gasteiger charge is 2.30. The number of thioether (sulfide) groups is 1. The molecular weight excluding hydrogens is 394 g/mol. The van der Waals surface area contributed by atoms with Gasteiger partial charge in [0.2, 0.25) is 5.91 Å². The van der Waals surface area contributed by atoms with Crippen LogP contribution in [0.2, 0.25) is 0 Å². The van der Waals surface area contributed by atoms with E-state index in [4.69, 9.17) is 0 Å². The molecule has 1 fully saturated rings. The molecule has 0 aromatic carbocycles. The summed E-state index contributed by atoms with van der Waals surface area (Å²) in [7, 11) is 6.08. The number of rotatable bonds is 5. The predicted octanol–water partition coefficient (Wildman–Crippen LogP) is 0.823. The highest BCUT2D eigenvalue weighted by atomic mass is 32.2. The largest absolute Gasteiger partial charge is 0.347 e. The fraction of sp³-hybridized carbons (Fsp3) is 0.579. The second kappa shape index (κ2) is 8.10. The van der Waals surface area contributed by atoms with Gasteiger partial charge in [-0.2, -0.15) is 0 Å². The van der Waals surface area contributed by atoms with Crippen LogP contribution in [0.25, 0.3) is 11.0 Å². The predicted molar refractivity (Wildman–Crippen MR) is 110 cm³/mol. The number of aryl methyl sites for hydroxylation is 1. The molecule has 29 heavy (non-hydrogen) atoms. The lowest BCUT2D eigenvalue weighted by Crippen LogP contribution is -2.38. The van der Waals surface area contributed by atoms with Gasteiger partial charge in [-0.05, 0) is 19.8 Å². The van der Waals surface area contributed by atoms with E-state index in [-0.39, 0.29) is 33.7 Å². The molecule has 0 radical (unpaired) electrons. The molecule has 2 aromatic rings. The maximum absolute atomic E-state index is 12.9. The molecule has 0 unspecified atom stereocenters. The van der Waals surface area contributed by atoms with Crippen molar-refractivity contribution in [3.63, 3.8) is 0 Å². The summed E-state index contributed by atoms with van der Waals surface area (Å²) < 4.78 is 2.30. The molecule has 2 heterocycles. The molecule has 1 saturated carbocycles. The third-order valence-corrected chi connectivity index (χ3v) is 6.56. The summed E-state index contributed by atoms with van der Waals surface area (Å²) in [5, 5.41) is -0.607. The molecule has 0 saturated heterocycles. The van der Waals surface area contributed by atoms with Crippen LogP contribution in [0.4, 0.5) is 0 Å². The zero-order valence-corrected chi connectivity index (χ0v) is 18.1. The Bertz CT molecular complexity index is 1100. The third kappa shape index (κ3) is 3.85. The molecule has 9 nitrogen and oxygen atoms in total. The maximum atomic E-state index is 12.9. The third-order valence-electron chi connectivity index (χ3n) is 5.27. The molecule has 0 spiro atoms. The lowest BCUT2D eigenvalue weighted by atomic mass is 10.1. The summed E-state index contributed by atoms with van der Waals surface area (Å²) in [6.07, 6.45) is 4.00. The van der Waals surface area contributed by atoms with Crippen molar-refractivity contribution in [3.8, 4) is 0 Å². The number of amides is 1. The fourth-order valence-electron chi connectivity index (χ4n) is 3.55. The number of carbonyl (C=O) groups excluding carboxylic acids is 2. The van der Waals surface area contributed by atoms with Crippen LogP contribution in [0.5, 0.6) is 0 Å². The number of hydrogen-bond donors (Lipinski definition) is 0. The van der Waals surface area contributed by atoms with Crippen molar-refractivity contribution in [3.05, 3.63) is 26.7 Å². The van der Waals surface area contributed by atoms with E-state index in [1.165, 1.54) is 23.4 Å². The van der Waals surface area contributed by atoms with Crippen molar-refractivity contribution < 1.29 is 9.59 Å². The van der Waals surface area contributed by atoms with E-state index in [1.807, 2.05) is 0 Å². The summed E-state index contributed by atoms with van der Waals surface area (Å²) in [4.78, 5) is 60.6. The normalized spacial score (nSPS) is 15.6. The molecular formula is C19H25N5O4S. The van der Waals surface area contributed by atoms with Gasteiger partial charge in [-0.1, -0.05) is 24.6 Å². The molecule has 10 heteroatoms. The maximum Gasteiger partial charge on any atom is 0.332 e. The van der Waals surface area contributed by atoms with E-state index in [0.717, 1.165) is 42.0 Å². The first-order chi connectivity index (χ1) is 13.6. The number of fused-ring (bicyclic) bond motifs is 1. The monoisotopic (exact) mass is 419 g/mol. The smallest absolute Gasteiger partial charge is 0.332 e. The molecule has 0 bridgehead atoms. The molecule has 1 aliphatic carbocycles. The van der Waals surface area contributed by atoms with E-state index in [9.17, 15) is 19.2 Å². The highest BCUT2D eigenvalue weighted by Crippen LogP contribution is 2.35. The van der Waals surface area contributed by atoms with Crippen LogP contribution in [0.1, 0.15) is 44.3 Å². The first-order valence-electron chi connectivity index (χ1n) is 9.49. The Labute approximate surface area is 172 Å². The van der Waals surface area contributed by atoms with Crippen LogP contribution in [0.3, 0.4) is 0 Å². The molecule has 3 rings (SSSR count). The topological polar surface area (TPSA) is 107 Å².